The third-order valence-corrected chi connectivity index (χ3v) is 5.28. The molecule has 0 aromatic heterocycles. The summed E-state index contributed by atoms with van der Waals surface area (Å²) in [4.78, 5) is 27.1. The monoisotopic (exact) mass is 395 g/mol. The number of benzene rings is 2. The first kappa shape index (κ1) is 20.8. The molecule has 29 heavy (non-hydrogen) atoms. The van der Waals surface area contributed by atoms with Gasteiger partial charge in [-0.15, -0.1) is 0 Å². The van der Waals surface area contributed by atoms with Crippen LogP contribution in [0.1, 0.15) is 55.3 Å². The molecule has 1 fully saturated rings. The van der Waals surface area contributed by atoms with Gasteiger partial charge in [-0.05, 0) is 31.0 Å². The van der Waals surface area contributed by atoms with E-state index in [9.17, 15) is 19.1 Å². The minimum absolute atomic E-state index is 0.0138. The van der Waals surface area contributed by atoms with Crippen LogP contribution < -0.4 is 0 Å². The Balaban J connectivity index is 2.07. The van der Waals surface area contributed by atoms with E-state index in [-0.39, 0.29) is 11.3 Å². The number of carbonyl (C=O) groups is 2. The van der Waals surface area contributed by atoms with Crippen molar-refractivity contribution >= 4 is 17.4 Å². The van der Waals surface area contributed by atoms with Gasteiger partial charge in [0.05, 0.1) is 11.6 Å². The van der Waals surface area contributed by atoms with Crippen LogP contribution in [0.15, 0.2) is 54.1 Å². The van der Waals surface area contributed by atoms with Gasteiger partial charge in [0.1, 0.15) is 11.6 Å². The summed E-state index contributed by atoms with van der Waals surface area (Å²) in [6, 6.07) is 12.1. The fourth-order valence-electron chi connectivity index (χ4n) is 3.71. The third kappa shape index (κ3) is 4.39. The van der Waals surface area contributed by atoms with E-state index in [0.29, 0.717) is 17.7 Å². The van der Waals surface area contributed by atoms with Crippen molar-refractivity contribution in [3.05, 3.63) is 76.6 Å². The summed E-state index contributed by atoms with van der Waals surface area (Å²) in [5, 5.41) is 10.9. The quantitative estimate of drug-likeness (QED) is 0.306. The molecule has 4 nitrogen and oxygen atoms in total. The molecule has 1 atom stereocenters. The average molecular weight is 395 g/mol. The van der Waals surface area contributed by atoms with E-state index < -0.39 is 23.5 Å². The lowest BCUT2D eigenvalue weighted by Gasteiger charge is -2.25. The average Bonchev–Trinajstić information content (AvgIpc) is 2.96. The van der Waals surface area contributed by atoms with E-state index in [1.54, 1.807) is 24.3 Å². The highest BCUT2D eigenvalue weighted by Crippen LogP contribution is 2.39. The number of nitrogens with zero attached hydrogens (tertiary/aromatic N) is 1. The number of ketones is 1. The second-order valence-electron chi connectivity index (χ2n) is 7.47. The van der Waals surface area contributed by atoms with Crippen molar-refractivity contribution in [3.8, 4) is 0 Å². The number of aliphatic hydroxyl groups excluding tert-OH is 1. The molecule has 2 aromatic carbocycles. The number of Topliss-reactive ketones (excluding diaryl/α,β-unsaturated/α-hetero) is 1. The maximum atomic E-state index is 13.9. The van der Waals surface area contributed by atoms with Crippen LogP contribution in [0, 0.1) is 12.7 Å². The van der Waals surface area contributed by atoms with E-state index in [1.165, 1.54) is 17.0 Å². The molecule has 0 spiro atoms. The molecule has 5 heteroatoms. The molecule has 1 saturated heterocycles. The number of amides is 1. The lowest BCUT2D eigenvalue weighted by atomic mass is 9.95. The van der Waals surface area contributed by atoms with Crippen LogP contribution in [0.2, 0.25) is 0 Å². The van der Waals surface area contributed by atoms with Gasteiger partial charge < -0.3 is 10.0 Å². The number of likely N-dealkylation sites (tertiary alicyclic amines) is 1. The Labute approximate surface area is 170 Å². The highest BCUT2D eigenvalue weighted by molar-refractivity contribution is 6.46. The Kier molecular flexibility index (Phi) is 6.47. The molecule has 0 unspecified atom stereocenters. The van der Waals surface area contributed by atoms with Crippen molar-refractivity contribution in [3.63, 3.8) is 0 Å². The number of aryl methyl sites for hydroxylation is 1. The topological polar surface area (TPSA) is 57.6 Å². The zero-order valence-electron chi connectivity index (χ0n) is 16.8. The predicted octanol–water partition coefficient (Wildman–Crippen LogP) is 5.14. The summed E-state index contributed by atoms with van der Waals surface area (Å²) in [7, 11) is 0. The highest BCUT2D eigenvalue weighted by atomic mass is 19.1. The van der Waals surface area contributed by atoms with E-state index in [2.05, 4.69) is 6.92 Å². The smallest absolute Gasteiger partial charge is 0.295 e. The predicted molar refractivity (Wildman–Crippen MR) is 111 cm³/mol. The van der Waals surface area contributed by atoms with Crippen molar-refractivity contribution in [1.82, 2.24) is 4.90 Å². The van der Waals surface area contributed by atoms with Crippen molar-refractivity contribution < 1.29 is 19.1 Å². The third-order valence-electron chi connectivity index (χ3n) is 5.28. The van der Waals surface area contributed by atoms with Gasteiger partial charge in [0.25, 0.3) is 11.7 Å². The molecule has 0 saturated carbocycles. The normalized spacial score (nSPS) is 18.4. The summed E-state index contributed by atoms with van der Waals surface area (Å²) < 4.78 is 13.9. The first-order valence-corrected chi connectivity index (χ1v) is 10.0. The number of rotatable bonds is 7. The van der Waals surface area contributed by atoms with Crippen molar-refractivity contribution in [2.75, 3.05) is 6.54 Å². The standard InChI is InChI=1S/C24H26FNO3/c1-3-4-5-6-14-26-21(18-8-7-9-19(25)15-18)20(23(28)24(26)29)22(27)17-12-10-16(2)11-13-17/h7-13,15,21,27H,3-6,14H2,1-2H3/t21-/m0/s1. The number of hydrogen-bond acceptors (Lipinski definition) is 3. The minimum Gasteiger partial charge on any atom is -0.507 e. The Hall–Kier alpha value is -2.95. The highest BCUT2D eigenvalue weighted by Gasteiger charge is 2.45. The van der Waals surface area contributed by atoms with Crippen LogP contribution in [0.4, 0.5) is 4.39 Å². The van der Waals surface area contributed by atoms with E-state index in [1.807, 2.05) is 19.1 Å². The van der Waals surface area contributed by atoms with Crippen LogP contribution in [-0.2, 0) is 9.59 Å². The van der Waals surface area contributed by atoms with Gasteiger partial charge in [-0.3, -0.25) is 9.59 Å². The molecule has 1 aliphatic heterocycles. The lowest BCUT2D eigenvalue weighted by molar-refractivity contribution is -0.139. The second kappa shape index (κ2) is 9.03. The van der Waals surface area contributed by atoms with Gasteiger partial charge in [-0.2, -0.15) is 0 Å². The van der Waals surface area contributed by atoms with Crippen LogP contribution in [0.25, 0.3) is 5.76 Å². The van der Waals surface area contributed by atoms with Gasteiger partial charge in [-0.1, -0.05) is 68.1 Å². The molecular weight excluding hydrogens is 369 g/mol. The van der Waals surface area contributed by atoms with Crippen molar-refractivity contribution in [2.45, 2.75) is 45.6 Å². The first-order chi connectivity index (χ1) is 13.9. The molecule has 0 radical (unpaired) electrons. The van der Waals surface area contributed by atoms with Crippen molar-refractivity contribution in [2.24, 2.45) is 0 Å². The number of carbonyl (C=O) groups excluding carboxylic acids is 2. The summed E-state index contributed by atoms with van der Waals surface area (Å²) in [6.07, 6.45) is 3.78. The number of aliphatic hydroxyl groups is 1. The molecular formula is C24H26FNO3. The van der Waals surface area contributed by atoms with Gasteiger partial charge in [0.15, 0.2) is 0 Å². The van der Waals surface area contributed by atoms with E-state index in [4.69, 9.17) is 0 Å². The van der Waals surface area contributed by atoms with Crippen LogP contribution >= 0.6 is 0 Å². The summed E-state index contributed by atoms with van der Waals surface area (Å²) in [6.45, 7) is 4.41. The molecule has 1 N–H and O–H groups in total. The Morgan fingerprint density at radius 2 is 1.79 bits per heavy atom. The molecule has 2 aromatic rings. The molecule has 1 aliphatic rings. The SMILES string of the molecule is CCCCCCN1C(=O)C(=O)C(=C(O)c2ccc(C)cc2)[C@@H]1c1cccc(F)c1. The fourth-order valence-corrected chi connectivity index (χ4v) is 3.71. The second-order valence-corrected chi connectivity index (χ2v) is 7.47. The number of hydrogen-bond donors (Lipinski definition) is 1. The van der Waals surface area contributed by atoms with Gasteiger partial charge in [0.2, 0.25) is 0 Å². The van der Waals surface area contributed by atoms with E-state index >= 15 is 0 Å². The summed E-state index contributed by atoms with van der Waals surface area (Å²) in [5.41, 5.74) is 1.97. The molecule has 1 heterocycles. The molecule has 1 amide bonds. The van der Waals surface area contributed by atoms with E-state index in [0.717, 1.165) is 31.2 Å². The maximum absolute atomic E-state index is 13.9. The number of unbranched alkanes of at least 4 members (excludes halogenated alkanes) is 3. The molecule has 152 valence electrons. The Bertz CT molecular complexity index is 933. The zero-order valence-corrected chi connectivity index (χ0v) is 16.8. The van der Waals surface area contributed by atoms with Gasteiger partial charge >= 0.3 is 0 Å². The zero-order chi connectivity index (χ0) is 21.0. The van der Waals surface area contributed by atoms with Crippen LogP contribution in [0.5, 0.6) is 0 Å². The fraction of sp³-hybridized carbons (Fsp3) is 0.333. The summed E-state index contributed by atoms with van der Waals surface area (Å²) >= 11 is 0. The number of halogens is 1. The minimum atomic E-state index is -0.798. The first-order valence-electron chi connectivity index (χ1n) is 10.0. The van der Waals surface area contributed by atoms with Crippen LogP contribution in [-0.4, -0.2) is 28.2 Å². The van der Waals surface area contributed by atoms with Crippen LogP contribution in [0.3, 0.4) is 0 Å². The Morgan fingerprint density at radius 3 is 2.45 bits per heavy atom. The molecule has 3 rings (SSSR count). The van der Waals surface area contributed by atoms with Gasteiger partial charge in [-0.25, -0.2) is 4.39 Å². The van der Waals surface area contributed by atoms with Crippen molar-refractivity contribution in [1.29, 1.82) is 0 Å². The summed E-state index contributed by atoms with van der Waals surface area (Å²) in [5.74, 6) is -2.06. The molecule has 0 aliphatic carbocycles. The maximum Gasteiger partial charge on any atom is 0.295 e. The van der Waals surface area contributed by atoms with Gasteiger partial charge in [0, 0.05) is 12.1 Å². The Morgan fingerprint density at radius 1 is 1.07 bits per heavy atom. The lowest BCUT2D eigenvalue weighted by Crippen LogP contribution is -2.30. The molecule has 0 bridgehead atoms. The largest absolute Gasteiger partial charge is 0.507 e.